The van der Waals surface area contributed by atoms with E-state index in [1.165, 1.54) is 33.0 Å². The Morgan fingerprint density at radius 3 is 1.62 bits per heavy atom. The maximum Gasteiger partial charge on any atom is 0.0157 e. The Kier molecular flexibility index (Phi) is 3.50. The van der Waals surface area contributed by atoms with Gasteiger partial charge in [-0.2, -0.15) is 25.3 Å². The second-order valence-electron chi connectivity index (χ2n) is 4.11. The molecule has 0 saturated heterocycles. The predicted molar refractivity (Wildman–Crippen MR) is 78.8 cm³/mol. The summed E-state index contributed by atoms with van der Waals surface area (Å²) in [7, 11) is 0. The summed E-state index contributed by atoms with van der Waals surface area (Å²) in [6, 6.07) is 8.71. The van der Waals surface area contributed by atoms with Crippen molar-refractivity contribution >= 4 is 36.0 Å². The third-order valence-electron chi connectivity index (χ3n) is 3.27. The molecule has 16 heavy (non-hydrogen) atoms. The van der Waals surface area contributed by atoms with Crippen LogP contribution in [0.1, 0.15) is 22.3 Å². The molecule has 2 rings (SSSR count). The average Bonchev–Trinajstić information content (AvgIpc) is 2.30. The molecule has 84 valence electrons. The van der Waals surface area contributed by atoms with Crippen LogP contribution in [0.5, 0.6) is 0 Å². The fourth-order valence-corrected chi connectivity index (χ4v) is 2.92. The van der Waals surface area contributed by atoms with Crippen molar-refractivity contribution in [3.05, 3.63) is 46.5 Å². The van der Waals surface area contributed by atoms with E-state index in [9.17, 15) is 0 Å². The molecular formula is C14H16S2. The molecule has 0 aromatic heterocycles. The summed E-state index contributed by atoms with van der Waals surface area (Å²) >= 11 is 8.75. The number of hydrogen-bond acceptors (Lipinski definition) is 2. The second-order valence-corrected chi connectivity index (χ2v) is 4.75. The Bertz CT molecular complexity index is 485. The summed E-state index contributed by atoms with van der Waals surface area (Å²) < 4.78 is 0. The van der Waals surface area contributed by atoms with Crippen molar-refractivity contribution in [3.8, 4) is 0 Å². The minimum Gasteiger partial charge on any atom is -0.175 e. The van der Waals surface area contributed by atoms with Crippen molar-refractivity contribution < 1.29 is 0 Å². The zero-order valence-corrected chi connectivity index (χ0v) is 11.4. The van der Waals surface area contributed by atoms with Crippen molar-refractivity contribution in [2.24, 2.45) is 0 Å². The molecule has 0 unspecified atom stereocenters. The van der Waals surface area contributed by atoms with Crippen LogP contribution in [0.3, 0.4) is 0 Å². The van der Waals surface area contributed by atoms with E-state index in [2.05, 4.69) is 63.4 Å². The van der Waals surface area contributed by atoms with E-state index >= 15 is 0 Å². The summed E-state index contributed by atoms with van der Waals surface area (Å²) in [5.74, 6) is 1.60. The van der Waals surface area contributed by atoms with E-state index in [1.807, 2.05) is 0 Å². The van der Waals surface area contributed by atoms with Crippen LogP contribution < -0.4 is 0 Å². The first-order chi connectivity index (χ1) is 7.69. The minimum absolute atomic E-state index is 0.798. The monoisotopic (exact) mass is 248 g/mol. The Labute approximate surface area is 108 Å². The molecule has 0 bridgehead atoms. The molecule has 0 nitrogen and oxygen atoms in total. The van der Waals surface area contributed by atoms with Crippen LogP contribution >= 0.6 is 25.3 Å². The number of hydrogen-bond donors (Lipinski definition) is 2. The largest absolute Gasteiger partial charge is 0.175 e. The number of thiol groups is 2. The molecule has 2 heteroatoms. The molecular weight excluding hydrogens is 232 g/mol. The van der Waals surface area contributed by atoms with Crippen molar-refractivity contribution in [1.82, 2.24) is 0 Å². The molecule has 0 aliphatic rings. The maximum atomic E-state index is 4.37. The smallest absolute Gasteiger partial charge is 0.0157 e. The molecule has 0 N–H and O–H groups in total. The number of fused-ring (bicyclic) bond motifs is 1. The van der Waals surface area contributed by atoms with E-state index in [0.717, 1.165) is 11.5 Å². The van der Waals surface area contributed by atoms with E-state index in [-0.39, 0.29) is 0 Å². The fraction of sp³-hybridized carbons (Fsp3) is 0.286. The van der Waals surface area contributed by atoms with Gasteiger partial charge in [0.1, 0.15) is 0 Å². The Morgan fingerprint density at radius 2 is 1.25 bits per heavy atom. The molecule has 0 radical (unpaired) electrons. The van der Waals surface area contributed by atoms with Gasteiger partial charge in [-0.25, -0.2) is 0 Å². The van der Waals surface area contributed by atoms with E-state index in [0.29, 0.717) is 0 Å². The van der Waals surface area contributed by atoms with Crippen LogP contribution in [0, 0.1) is 13.8 Å². The molecule has 0 aliphatic heterocycles. The first-order valence-corrected chi connectivity index (χ1v) is 6.68. The zero-order valence-electron chi connectivity index (χ0n) is 9.62. The van der Waals surface area contributed by atoms with Crippen molar-refractivity contribution in [2.75, 3.05) is 0 Å². The van der Waals surface area contributed by atoms with Gasteiger partial charge in [0.25, 0.3) is 0 Å². The van der Waals surface area contributed by atoms with Gasteiger partial charge in [0, 0.05) is 11.5 Å². The van der Waals surface area contributed by atoms with Gasteiger partial charge in [-0.1, -0.05) is 24.3 Å². The highest BCUT2D eigenvalue weighted by Crippen LogP contribution is 2.28. The van der Waals surface area contributed by atoms with E-state index in [1.54, 1.807) is 0 Å². The number of aryl methyl sites for hydroxylation is 2. The summed E-state index contributed by atoms with van der Waals surface area (Å²) in [5.41, 5.74) is 5.34. The summed E-state index contributed by atoms with van der Waals surface area (Å²) in [6.45, 7) is 4.37. The minimum atomic E-state index is 0.798. The molecule has 0 heterocycles. The lowest BCUT2D eigenvalue weighted by molar-refractivity contribution is 1.30. The van der Waals surface area contributed by atoms with Crippen molar-refractivity contribution in [1.29, 1.82) is 0 Å². The normalized spacial score (nSPS) is 11.0. The van der Waals surface area contributed by atoms with Gasteiger partial charge < -0.3 is 0 Å². The molecule has 2 aromatic carbocycles. The SMILES string of the molecule is Cc1c(CS)ccc2ccc(CS)c(C)c12. The van der Waals surface area contributed by atoms with Gasteiger partial charge in [0.15, 0.2) is 0 Å². The summed E-state index contributed by atoms with van der Waals surface area (Å²) in [6.07, 6.45) is 0. The van der Waals surface area contributed by atoms with Crippen LogP contribution in [0.4, 0.5) is 0 Å². The summed E-state index contributed by atoms with van der Waals surface area (Å²) in [4.78, 5) is 0. The number of rotatable bonds is 2. The fourth-order valence-electron chi connectivity index (χ4n) is 2.23. The molecule has 2 aromatic rings. The van der Waals surface area contributed by atoms with E-state index < -0.39 is 0 Å². The lowest BCUT2D eigenvalue weighted by atomic mass is 9.94. The molecule has 0 atom stereocenters. The Morgan fingerprint density at radius 1 is 0.812 bits per heavy atom. The molecule has 0 saturated carbocycles. The lowest BCUT2D eigenvalue weighted by Gasteiger charge is -2.12. The van der Waals surface area contributed by atoms with Gasteiger partial charge in [-0.3, -0.25) is 0 Å². The topological polar surface area (TPSA) is 0 Å². The van der Waals surface area contributed by atoms with Gasteiger partial charge >= 0.3 is 0 Å². The van der Waals surface area contributed by atoms with Gasteiger partial charge in [-0.15, -0.1) is 0 Å². The molecule has 0 spiro atoms. The van der Waals surface area contributed by atoms with Gasteiger partial charge in [0.05, 0.1) is 0 Å². The first-order valence-electron chi connectivity index (χ1n) is 5.41. The van der Waals surface area contributed by atoms with Gasteiger partial charge in [-0.05, 0) is 46.9 Å². The standard InChI is InChI=1S/C14H16S2/c1-9-12(7-15)5-3-11-4-6-13(8-16)10(2)14(9)11/h3-6,15-16H,7-8H2,1-2H3. The van der Waals surface area contributed by atoms with Crippen LogP contribution in [0.15, 0.2) is 24.3 Å². The van der Waals surface area contributed by atoms with Crippen LogP contribution in [-0.2, 0) is 11.5 Å². The Balaban J connectivity index is 2.83. The highest BCUT2D eigenvalue weighted by molar-refractivity contribution is 7.79. The number of benzene rings is 2. The quantitative estimate of drug-likeness (QED) is 0.727. The highest BCUT2D eigenvalue weighted by atomic mass is 32.1. The second kappa shape index (κ2) is 4.72. The molecule has 0 aliphatic carbocycles. The molecule has 0 fully saturated rings. The molecule has 0 amide bonds. The summed E-state index contributed by atoms with van der Waals surface area (Å²) in [5, 5.41) is 2.68. The van der Waals surface area contributed by atoms with Crippen molar-refractivity contribution in [2.45, 2.75) is 25.4 Å². The Hall–Kier alpha value is -0.600. The maximum absolute atomic E-state index is 4.37. The predicted octanol–water partition coefficient (Wildman–Crippen LogP) is 4.32. The van der Waals surface area contributed by atoms with E-state index in [4.69, 9.17) is 0 Å². The third-order valence-corrected chi connectivity index (χ3v) is 3.95. The van der Waals surface area contributed by atoms with Crippen LogP contribution in [0.2, 0.25) is 0 Å². The van der Waals surface area contributed by atoms with Crippen LogP contribution in [0.25, 0.3) is 10.8 Å². The first kappa shape index (κ1) is 11.9. The van der Waals surface area contributed by atoms with Gasteiger partial charge in [0.2, 0.25) is 0 Å². The van der Waals surface area contributed by atoms with Crippen molar-refractivity contribution in [3.63, 3.8) is 0 Å². The third kappa shape index (κ3) is 1.85. The average molecular weight is 248 g/mol. The zero-order chi connectivity index (χ0) is 11.7. The van der Waals surface area contributed by atoms with Crippen LogP contribution in [-0.4, -0.2) is 0 Å². The highest BCUT2D eigenvalue weighted by Gasteiger charge is 2.07. The lowest BCUT2D eigenvalue weighted by Crippen LogP contribution is -1.93.